The summed E-state index contributed by atoms with van der Waals surface area (Å²) in [6, 6.07) is 0. The van der Waals surface area contributed by atoms with Crippen molar-refractivity contribution in [3.8, 4) is 0 Å². The molecule has 0 radical (unpaired) electrons. The SMILES string of the molecule is C=C1CC2CC[C@@]34C[C@H]5O[C@@H]6C(OC7CCC(CC(=O)OC8[C@H](CC9OC(CCC1O2)C[C@@H](C)C9=C)O[C@H]1C[C@H]2O[C@@]9(CC%10O[C@]%11(C[C@H](C)C%12OC(CC(=O)O)[C@H](O)CC%12O%11)C[C@H](C)C%10O9)C[C@H]2O[C@H]1[C@@H]8C)O[C@@H]7C6O3)C5O4. The lowest BCUT2D eigenvalue weighted by atomic mass is 9.78. The number of aliphatic hydroxyl groups is 1. The Balaban J connectivity index is 0.661. The average molecular weight is 1100 g/mol. The van der Waals surface area contributed by atoms with Crippen molar-refractivity contribution in [2.45, 2.75) is 307 Å². The highest BCUT2D eigenvalue weighted by Gasteiger charge is 2.70. The van der Waals surface area contributed by atoms with Gasteiger partial charge in [-0.2, -0.15) is 0 Å². The van der Waals surface area contributed by atoms with E-state index in [9.17, 15) is 19.8 Å². The van der Waals surface area contributed by atoms with Gasteiger partial charge in [0.1, 0.15) is 36.6 Å². The molecule has 16 rings (SSSR count). The Kier molecular flexibility index (Phi) is 13.1. The molecule has 31 atom stereocenters. The van der Waals surface area contributed by atoms with Gasteiger partial charge < -0.3 is 81.3 Å². The first kappa shape index (κ1) is 52.6. The molecule has 16 aliphatic rings. The Hall–Kier alpha value is -2.18. The third-order valence-corrected chi connectivity index (χ3v) is 21.6. The van der Waals surface area contributed by atoms with Crippen LogP contribution in [0, 0.1) is 23.7 Å². The topological polar surface area (TPSA) is 213 Å². The first-order valence-corrected chi connectivity index (χ1v) is 30.2. The number of hydrogen-bond acceptors (Lipinski definition) is 18. The summed E-state index contributed by atoms with van der Waals surface area (Å²) in [7, 11) is 0. The van der Waals surface area contributed by atoms with E-state index in [1.54, 1.807) is 0 Å². The number of carbonyl (C=O) groups excluding carboxylic acids is 1. The number of fused-ring (bicyclic) bond motifs is 10. The predicted molar refractivity (Wildman–Crippen MR) is 268 cm³/mol. The van der Waals surface area contributed by atoms with E-state index in [0.29, 0.717) is 64.2 Å². The van der Waals surface area contributed by atoms with E-state index in [1.807, 2.05) is 0 Å². The minimum absolute atomic E-state index is 0.00942. The second-order valence-electron chi connectivity index (χ2n) is 27.1. The number of carbonyl (C=O) groups is 2. The van der Waals surface area contributed by atoms with E-state index < -0.39 is 72.2 Å². The first-order valence-electron chi connectivity index (χ1n) is 30.2. The molecular formula is C59H82O19. The molecule has 0 aromatic carbocycles. The van der Waals surface area contributed by atoms with Crippen LogP contribution in [-0.4, -0.2) is 186 Å². The molecular weight excluding hydrogens is 1010 g/mol. The van der Waals surface area contributed by atoms with Crippen molar-refractivity contribution in [2.75, 3.05) is 0 Å². The molecule has 432 valence electrons. The molecule has 16 heterocycles. The summed E-state index contributed by atoms with van der Waals surface area (Å²) in [6.45, 7) is 17.7. The van der Waals surface area contributed by atoms with Gasteiger partial charge in [0.2, 0.25) is 0 Å². The summed E-state index contributed by atoms with van der Waals surface area (Å²) >= 11 is 0. The van der Waals surface area contributed by atoms with E-state index in [0.717, 1.165) is 43.3 Å². The number of hydrogen-bond donors (Lipinski definition) is 2. The zero-order valence-corrected chi connectivity index (χ0v) is 45.6. The molecule has 16 fully saturated rings. The van der Waals surface area contributed by atoms with Crippen LogP contribution in [-0.2, 0) is 80.6 Å². The zero-order valence-electron chi connectivity index (χ0n) is 45.6. The standard InChI is InChI=1S/C59H82O19/c1-25-13-31-7-9-35-26(2)14-33(64-35)11-12-57-23-44-53(77-57)54-55(71-44)56(78-57)52-36(68-54)10-8-32(66-52)15-47(63)72-51-30(6)50-41(67-40(51)17-37(65-31)29(25)5)18-39-43(70-50)22-59(73-39)24-45-49(76-59)28(4)21-58(75-45)20-27(3)48-42(74-58)16-34(60)38(69-48)19-46(61)62/h25,27-28,30-45,48-56,60H,2,5,7-24H2,1,3-4,6H3,(H,61,62)/t25-,27+,28+,30+,31?,32?,33?,34-,35?,36?,37?,38?,39-,40+,41+,42?,43-,44-,45?,48?,49?,50+,51?,52+,53?,54?,55-,56?,57+,58-,59+/m1/s1. The largest absolute Gasteiger partial charge is 0.481 e. The molecule has 0 aromatic heterocycles. The molecule has 2 N–H and O–H groups in total. The highest BCUT2D eigenvalue weighted by atomic mass is 16.8. The third-order valence-electron chi connectivity index (χ3n) is 21.6. The number of aliphatic carboxylic acids is 1. The van der Waals surface area contributed by atoms with Gasteiger partial charge in [0.15, 0.2) is 17.4 Å². The molecule has 0 aromatic rings. The Bertz CT molecular complexity index is 2370. The molecule has 19 heteroatoms. The highest BCUT2D eigenvalue weighted by Crippen LogP contribution is 2.58. The summed E-state index contributed by atoms with van der Waals surface area (Å²) in [5.74, 6) is -3.99. The second-order valence-corrected chi connectivity index (χ2v) is 27.1. The van der Waals surface area contributed by atoms with Crippen molar-refractivity contribution >= 4 is 11.9 Å². The Morgan fingerprint density at radius 1 is 0.513 bits per heavy atom. The van der Waals surface area contributed by atoms with Gasteiger partial charge in [0, 0.05) is 63.7 Å². The summed E-state index contributed by atoms with van der Waals surface area (Å²) in [4.78, 5) is 26.1. The third kappa shape index (κ3) is 8.98. The molecule has 12 bridgehead atoms. The van der Waals surface area contributed by atoms with Gasteiger partial charge in [-0.15, -0.1) is 0 Å². The molecule has 16 aliphatic heterocycles. The smallest absolute Gasteiger partial charge is 0.308 e. The molecule has 16 saturated heterocycles. The van der Waals surface area contributed by atoms with Gasteiger partial charge in [0.05, 0.1) is 123 Å². The minimum Gasteiger partial charge on any atom is -0.481 e. The van der Waals surface area contributed by atoms with Crippen LogP contribution in [0.1, 0.15) is 143 Å². The van der Waals surface area contributed by atoms with Crippen LogP contribution < -0.4 is 0 Å². The van der Waals surface area contributed by atoms with Gasteiger partial charge in [-0.1, -0.05) is 40.9 Å². The lowest BCUT2D eigenvalue weighted by molar-refractivity contribution is -0.371. The molecule has 19 nitrogen and oxygen atoms in total. The average Bonchev–Trinajstić information content (AvgIpc) is 4.20. The first-order chi connectivity index (χ1) is 37.4. The number of esters is 1. The normalized spacial score (nSPS) is 58.0. The van der Waals surface area contributed by atoms with Gasteiger partial charge in [-0.3, -0.25) is 9.59 Å². The summed E-state index contributed by atoms with van der Waals surface area (Å²) in [6.07, 6.45) is 1.76. The van der Waals surface area contributed by atoms with E-state index in [-0.39, 0.29) is 147 Å². The van der Waals surface area contributed by atoms with Crippen molar-refractivity contribution in [3.63, 3.8) is 0 Å². The van der Waals surface area contributed by atoms with Crippen LogP contribution >= 0.6 is 0 Å². The minimum atomic E-state index is -1.00. The van der Waals surface area contributed by atoms with Crippen LogP contribution in [0.4, 0.5) is 0 Å². The van der Waals surface area contributed by atoms with Crippen molar-refractivity contribution in [1.82, 2.24) is 0 Å². The fourth-order valence-electron chi connectivity index (χ4n) is 18.0. The lowest BCUT2D eigenvalue weighted by Gasteiger charge is -2.54. The van der Waals surface area contributed by atoms with E-state index in [4.69, 9.17) is 71.1 Å². The van der Waals surface area contributed by atoms with Crippen molar-refractivity contribution in [3.05, 3.63) is 24.3 Å². The van der Waals surface area contributed by atoms with E-state index in [1.165, 1.54) is 0 Å². The predicted octanol–water partition coefficient (Wildman–Crippen LogP) is 5.66. The van der Waals surface area contributed by atoms with Gasteiger partial charge in [-0.05, 0) is 73.8 Å². The Morgan fingerprint density at radius 3 is 2.03 bits per heavy atom. The fraction of sp³-hybridized carbons (Fsp3) is 0.898. The monoisotopic (exact) mass is 1090 g/mol. The number of rotatable bonds is 2. The molecule has 0 amide bonds. The van der Waals surface area contributed by atoms with Gasteiger partial charge in [0.25, 0.3) is 0 Å². The fourth-order valence-corrected chi connectivity index (χ4v) is 18.0. The quantitative estimate of drug-likeness (QED) is 0.252. The number of ether oxygens (including phenoxy) is 15. The van der Waals surface area contributed by atoms with Crippen LogP contribution in [0.15, 0.2) is 24.3 Å². The van der Waals surface area contributed by atoms with E-state index in [2.05, 4.69) is 40.9 Å². The van der Waals surface area contributed by atoms with Crippen molar-refractivity contribution in [1.29, 1.82) is 0 Å². The summed E-state index contributed by atoms with van der Waals surface area (Å²) in [5, 5.41) is 20.4. The molecule has 15 unspecified atom stereocenters. The van der Waals surface area contributed by atoms with Crippen LogP contribution in [0.5, 0.6) is 0 Å². The number of carboxylic acid groups (broad SMARTS) is 1. The number of carboxylic acids is 1. The van der Waals surface area contributed by atoms with Gasteiger partial charge >= 0.3 is 11.9 Å². The van der Waals surface area contributed by atoms with Crippen LogP contribution in [0.2, 0.25) is 0 Å². The van der Waals surface area contributed by atoms with E-state index >= 15 is 0 Å². The number of aliphatic hydroxyl groups excluding tert-OH is 1. The lowest BCUT2D eigenvalue weighted by Crippen LogP contribution is -2.62. The van der Waals surface area contributed by atoms with Gasteiger partial charge in [-0.25, -0.2) is 0 Å². The second kappa shape index (κ2) is 19.4. The maximum absolute atomic E-state index is 14.6. The van der Waals surface area contributed by atoms with Crippen LogP contribution in [0.3, 0.4) is 0 Å². The molecule has 0 aliphatic carbocycles. The zero-order chi connectivity index (χ0) is 53.3. The Morgan fingerprint density at radius 2 is 1.18 bits per heavy atom. The molecule has 3 spiro atoms. The maximum Gasteiger partial charge on any atom is 0.308 e. The molecule has 0 saturated carbocycles. The van der Waals surface area contributed by atoms with Crippen LogP contribution in [0.25, 0.3) is 0 Å². The van der Waals surface area contributed by atoms with Crippen molar-refractivity contribution in [2.24, 2.45) is 23.7 Å². The summed E-state index contributed by atoms with van der Waals surface area (Å²) < 4.78 is 103. The van der Waals surface area contributed by atoms with Crippen molar-refractivity contribution < 1.29 is 90.9 Å². The highest BCUT2D eigenvalue weighted by molar-refractivity contribution is 5.70. The Labute approximate surface area is 456 Å². The molecule has 78 heavy (non-hydrogen) atoms. The maximum atomic E-state index is 14.6. The summed E-state index contributed by atoms with van der Waals surface area (Å²) in [5.41, 5.74) is 2.14.